The van der Waals surface area contributed by atoms with E-state index in [1.807, 2.05) is 4.90 Å². The van der Waals surface area contributed by atoms with Crippen LogP contribution in [0, 0.1) is 5.41 Å². The van der Waals surface area contributed by atoms with E-state index in [1.54, 1.807) is 0 Å². The van der Waals surface area contributed by atoms with Crippen LogP contribution in [0.1, 0.15) is 47.0 Å². The van der Waals surface area contributed by atoms with Crippen molar-refractivity contribution in [2.45, 2.75) is 53.0 Å². The van der Waals surface area contributed by atoms with Gasteiger partial charge in [0.25, 0.3) is 0 Å². The molecule has 13 heavy (non-hydrogen) atoms. The number of likely N-dealkylation sites (tertiary alicyclic amines) is 1. The molecule has 2 nitrogen and oxygen atoms in total. The van der Waals surface area contributed by atoms with E-state index in [-0.39, 0.29) is 5.41 Å². The summed E-state index contributed by atoms with van der Waals surface area (Å²) in [4.78, 5) is 13.8. The third kappa shape index (κ3) is 3.02. The van der Waals surface area contributed by atoms with Crippen LogP contribution in [-0.2, 0) is 4.79 Å². The van der Waals surface area contributed by atoms with Crippen molar-refractivity contribution in [2.24, 2.45) is 5.41 Å². The fourth-order valence-electron chi connectivity index (χ4n) is 1.86. The number of hydrogen-bond donors (Lipinski definition) is 0. The SMILES string of the molecule is C[C@@H]1CCCN1C(=O)CC(C)(C)C. The molecule has 1 fully saturated rings. The summed E-state index contributed by atoms with van der Waals surface area (Å²) in [6.07, 6.45) is 3.03. The lowest BCUT2D eigenvalue weighted by molar-refractivity contribution is -0.133. The predicted octanol–water partition coefficient (Wildman–Crippen LogP) is 2.43. The molecule has 1 heterocycles. The molecule has 76 valence electrons. The quantitative estimate of drug-likeness (QED) is 0.611. The Morgan fingerprint density at radius 3 is 2.46 bits per heavy atom. The molecule has 1 saturated heterocycles. The summed E-state index contributed by atoms with van der Waals surface area (Å²) >= 11 is 0. The van der Waals surface area contributed by atoms with Gasteiger partial charge in [0.1, 0.15) is 0 Å². The molecule has 1 aliphatic heterocycles. The zero-order valence-corrected chi connectivity index (χ0v) is 9.26. The summed E-state index contributed by atoms with van der Waals surface area (Å²) in [5.41, 5.74) is 0.124. The maximum Gasteiger partial charge on any atom is 0.223 e. The van der Waals surface area contributed by atoms with Gasteiger partial charge in [-0.3, -0.25) is 4.79 Å². The van der Waals surface area contributed by atoms with Crippen LogP contribution in [-0.4, -0.2) is 23.4 Å². The molecular formula is C11H21NO. The summed E-state index contributed by atoms with van der Waals surface area (Å²) < 4.78 is 0. The monoisotopic (exact) mass is 183 g/mol. The first-order valence-electron chi connectivity index (χ1n) is 5.19. The van der Waals surface area contributed by atoms with Gasteiger partial charge < -0.3 is 4.90 Å². The van der Waals surface area contributed by atoms with Crippen LogP contribution in [0.2, 0.25) is 0 Å². The zero-order chi connectivity index (χ0) is 10.1. The number of carbonyl (C=O) groups is 1. The van der Waals surface area contributed by atoms with Crippen molar-refractivity contribution in [2.75, 3.05) is 6.54 Å². The van der Waals surface area contributed by atoms with Crippen molar-refractivity contribution in [3.05, 3.63) is 0 Å². The van der Waals surface area contributed by atoms with Gasteiger partial charge in [-0.1, -0.05) is 20.8 Å². The lowest BCUT2D eigenvalue weighted by Gasteiger charge is -2.26. The first-order valence-corrected chi connectivity index (χ1v) is 5.19. The normalized spacial score (nSPS) is 23.7. The van der Waals surface area contributed by atoms with Gasteiger partial charge in [0.2, 0.25) is 5.91 Å². The van der Waals surface area contributed by atoms with E-state index >= 15 is 0 Å². The van der Waals surface area contributed by atoms with E-state index < -0.39 is 0 Å². The molecule has 0 spiro atoms. The van der Waals surface area contributed by atoms with Gasteiger partial charge in [-0.25, -0.2) is 0 Å². The summed E-state index contributed by atoms with van der Waals surface area (Å²) in [6, 6.07) is 0.467. The van der Waals surface area contributed by atoms with Crippen molar-refractivity contribution in [1.29, 1.82) is 0 Å². The summed E-state index contributed by atoms with van der Waals surface area (Å²) in [5, 5.41) is 0. The van der Waals surface area contributed by atoms with Crippen molar-refractivity contribution in [1.82, 2.24) is 4.90 Å². The lowest BCUT2D eigenvalue weighted by Crippen LogP contribution is -2.35. The molecule has 1 amide bonds. The van der Waals surface area contributed by atoms with Crippen molar-refractivity contribution in [3.8, 4) is 0 Å². The van der Waals surface area contributed by atoms with Crippen LogP contribution >= 0.6 is 0 Å². The molecule has 0 radical (unpaired) electrons. The number of nitrogens with zero attached hydrogens (tertiary/aromatic N) is 1. The van der Waals surface area contributed by atoms with E-state index in [9.17, 15) is 4.79 Å². The Labute approximate surface area is 81.3 Å². The molecule has 1 atom stereocenters. The highest BCUT2D eigenvalue weighted by Gasteiger charge is 2.27. The van der Waals surface area contributed by atoms with E-state index in [0.29, 0.717) is 18.4 Å². The first-order chi connectivity index (χ1) is 5.90. The van der Waals surface area contributed by atoms with Crippen molar-refractivity contribution in [3.63, 3.8) is 0 Å². The Hall–Kier alpha value is -0.530. The standard InChI is InChI=1S/C11H21NO/c1-9-6-5-7-12(9)10(13)8-11(2,3)4/h9H,5-8H2,1-4H3/t9-/m1/s1. The molecule has 0 aromatic carbocycles. The maximum absolute atomic E-state index is 11.8. The second-order valence-corrected chi connectivity index (χ2v) is 5.32. The highest BCUT2D eigenvalue weighted by molar-refractivity contribution is 5.77. The topological polar surface area (TPSA) is 20.3 Å². The Morgan fingerprint density at radius 1 is 1.46 bits per heavy atom. The molecule has 1 rings (SSSR count). The van der Waals surface area contributed by atoms with Gasteiger partial charge >= 0.3 is 0 Å². The molecule has 0 bridgehead atoms. The smallest absolute Gasteiger partial charge is 0.223 e. The lowest BCUT2D eigenvalue weighted by atomic mass is 9.91. The molecular weight excluding hydrogens is 162 g/mol. The molecule has 0 saturated carbocycles. The van der Waals surface area contributed by atoms with Crippen LogP contribution in [0.3, 0.4) is 0 Å². The maximum atomic E-state index is 11.8. The fourth-order valence-corrected chi connectivity index (χ4v) is 1.86. The molecule has 0 aromatic heterocycles. The second-order valence-electron chi connectivity index (χ2n) is 5.32. The van der Waals surface area contributed by atoms with Gasteiger partial charge in [-0.15, -0.1) is 0 Å². The van der Waals surface area contributed by atoms with Gasteiger partial charge in [-0.2, -0.15) is 0 Å². The largest absolute Gasteiger partial charge is 0.340 e. The average molecular weight is 183 g/mol. The Balaban J connectivity index is 2.48. The number of amides is 1. The van der Waals surface area contributed by atoms with E-state index in [2.05, 4.69) is 27.7 Å². The second kappa shape index (κ2) is 3.69. The predicted molar refractivity (Wildman–Crippen MR) is 54.5 cm³/mol. The molecule has 0 unspecified atom stereocenters. The van der Waals surface area contributed by atoms with E-state index in [4.69, 9.17) is 0 Å². The highest BCUT2D eigenvalue weighted by Crippen LogP contribution is 2.24. The fraction of sp³-hybridized carbons (Fsp3) is 0.909. The number of carbonyl (C=O) groups excluding carboxylic acids is 1. The van der Waals surface area contributed by atoms with E-state index in [1.165, 1.54) is 12.8 Å². The molecule has 2 heteroatoms. The van der Waals surface area contributed by atoms with Gasteiger partial charge in [0.15, 0.2) is 0 Å². The first kappa shape index (κ1) is 10.6. The summed E-state index contributed by atoms with van der Waals surface area (Å²) in [5.74, 6) is 0.331. The Kier molecular flexibility index (Phi) is 2.99. The van der Waals surface area contributed by atoms with Gasteiger partial charge in [0, 0.05) is 19.0 Å². The third-order valence-corrected chi connectivity index (χ3v) is 2.55. The van der Waals surface area contributed by atoms with Crippen LogP contribution in [0.25, 0.3) is 0 Å². The zero-order valence-electron chi connectivity index (χ0n) is 9.26. The third-order valence-electron chi connectivity index (χ3n) is 2.55. The highest BCUT2D eigenvalue weighted by atomic mass is 16.2. The number of rotatable bonds is 1. The molecule has 0 N–H and O–H groups in total. The van der Waals surface area contributed by atoms with Crippen molar-refractivity contribution >= 4 is 5.91 Å². The minimum Gasteiger partial charge on any atom is -0.340 e. The Bertz CT molecular complexity index is 193. The van der Waals surface area contributed by atoms with Crippen LogP contribution in [0.4, 0.5) is 0 Å². The Morgan fingerprint density at radius 2 is 2.08 bits per heavy atom. The van der Waals surface area contributed by atoms with Crippen LogP contribution in [0.15, 0.2) is 0 Å². The average Bonchev–Trinajstić information content (AvgIpc) is 2.30. The summed E-state index contributed by atoms with van der Waals surface area (Å²) in [7, 11) is 0. The van der Waals surface area contributed by atoms with Crippen molar-refractivity contribution < 1.29 is 4.79 Å². The van der Waals surface area contributed by atoms with Gasteiger partial charge in [0.05, 0.1) is 0 Å². The minimum atomic E-state index is 0.124. The molecule has 1 aliphatic rings. The van der Waals surface area contributed by atoms with Gasteiger partial charge in [-0.05, 0) is 25.2 Å². The van der Waals surface area contributed by atoms with Crippen LogP contribution in [0.5, 0.6) is 0 Å². The van der Waals surface area contributed by atoms with Crippen LogP contribution < -0.4 is 0 Å². The van der Waals surface area contributed by atoms with E-state index in [0.717, 1.165) is 6.54 Å². The molecule has 0 aromatic rings. The minimum absolute atomic E-state index is 0.124. The summed E-state index contributed by atoms with van der Waals surface area (Å²) in [6.45, 7) is 9.46. The number of hydrogen-bond acceptors (Lipinski definition) is 1. The molecule has 0 aliphatic carbocycles.